The lowest BCUT2D eigenvalue weighted by Gasteiger charge is -2.23. The molecule has 0 aliphatic heterocycles. The standard InChI is InChI=1S/C11H13F2NO4/c1-5-2-6(10(17)18)3-7(8(5)16)9(14)11(12,13)4-15/h2-3,9,15-16H,4,14H2,1H3,(H,17,18)/t9-/m1/s1. The zero-order valence-electron chi connectivity index (χ0n) is 9.52. The Morgan fingerprint density at radius 2 is 2.06 bits per heavy atom. The largest absolute Gasteiger partial charge is 0.507 e. The molecular weight excluding hydrogens is 248 g/mol. The number of phenolic OH excluding ortho intramolecular Hbond substituents is 1. The van der Waals surface area contributed by atoms with Crippen LogP contribution in [0, 0.1) is 6.92 Å². The van der Waals surface area contributed by atoms with Crippen LogP contribution in [-0.2, 0) is 0 Å². The molecule has 0 bridgehead atoms. The summed E-state index contributed by atoms with van der Waals surface area (Å²) in [4.78, 5) is 10.8. The van der Waals surface area contributed by atoms with E-state index in [0.717, 1.165) is 12.1 Å². The van der Waals surface area contributed by atoms with Crippen LogP contribution in [-0.4, -0.2) is 33.8 Å². The number of carboxylic acid groups (broad SMARTS) is 1. The topological polar surface area (TPSA) is 104 Å². The number of phenols is 1. The van der Waals surface area contributed by atoms with Crippen molar-refractivity contribution < 1.29 is 28.9 Å². The van der Waals surface area contributed by atoms with E-state index in [1.807, 2.05) is 0 Å². The van der Waals surface area contributed by atoms with E-state index < -0.39 is 35.9 Å². The summed E-state index contributed by atoms with van der Waals surface area (Å²) in [6.07, 6.45) is 0. The molecule has 18 heavy (non-hydrogen) atoms. The van der Waals surface area contributed by atoms with E-state index >= 15 is 0 Å². The summed E-state index contributed by atoms with van der Waals surface area (Å²) in [7, 11) is 0. The minimum atomic E-state index is -3.65. The fourth-order valence-electron chi connectivity index (χ4n) is 1.49. The smallest absolute Gasteiger partial charge is 0.335 e. The molecule has 1 aromatic rings. The summed E-state index contributed by atoms with van der Waals surface area (Å²) in [5.41, 5.74) is 4.71. The van der Waals surface area contributed by atoms with Crippen LogP contribution in [0.4, 0.5) is 8.78 Å². The maximum Gasteiger partial charge on any atom is 0.335 e. The van der Waals surface area contributed by atoms with Crippen molar-refractivity contribution in [1.82, 2.24) is 0 Å². The number of hydrogen-bond donors (Lipinski definition) is 4. The maximum atomic E-state index is 13.2. The van der Waals surface area contributed by atoms with Gasteiger partial charge >= 0.3 is 5.97 Å². The summed E-state index contributed by atoms with van der Waals surface area (Å²) in [6.45, 7) is -0.126. The molecule has 5 N–H and O–H groups in total. The quantitative estimate of drug-likeness (QED) is 0.648. The van der Waals surface area contributed by atoms with Crippen LogP contribution >= 0.6 is 0 Å². The number of alkyl halides is 2. The summed E-state index contributed by atoms with van der Waals surface area (Å²) >= 11 is 0. The van der Waals surface area contributed by atoms with E-state index in [-0.39, 0.29) is 11.1 Å². The van der Waals surface area contributed by atoms with Gasteiger partial charge in [-0.15, -0.1) is 0 Å². The minimum Gasteiger partial charge on any atom is -0.507 e. The molecule has 7 heteroatoms. The molecule has 0 aliphatic rings. The second-order valence-corrected chi connectivity index (χ2v) is 3.93. The normalized spacial score (nSPS) is 13.4. The van der Waals surface area contributed by atoms with Crippen LogP contribution in [0.1, 0.15) is 27.5 Å². The van der Waals surface area contributed by atoms with Gasteiger partial charge in [-0.1, -0.05) is 0 Å². The molecule has 0 heterocycles. The van der Waals surface area contributed by atoms with Crippen LogP contribution in [0.25, 0.3) is 0 Å². The van der Waals surface area contributed by atoms with Gasteiger partial charge in [0.25, 0.3) is 5.92 Å². The van der Waals surface area contributed by atoms with Crippen LogP contribution in [0.15, 0.2) is 12.1 Å². The molecule has 0 aliphatic carbocycles. The first-order valence-electron chi connectivity index (χ1n) is 5.01. The van der Waals surface area contributed by atoms with Gasteiger partial charge in [0.1, 0.15) is 18.4 Å². The molecule has 1 rings (SSSR count). The predicted octanol–water partition coefficient (Wildman–Crippen LogP) is 1.03. The van der Waals surface area contributed by atoms with Gasteiger partial charge in [-0.25, -0.2) is 13.6 Å². The lowest BCUT2D eigenvalue weighted by molar-refractivity contribution is -0.0716. The summed E-state index contributed by atoms with van der Waals surface area (Å²) in [6, 6.07) is 0.0321. The van der Waals surface area contributed by atoms with Gasteiger partial charge in [-0.05, 0) is 24.6 Å². The van der Waals surface area contributed by atoms with E-state index in [4.69, 9.17) is 15.9 Å². The van der Waals surface area contributed by atoms with Gasteiger partial charge < -0.3 is 21.1 Å². The molecule has 100 valence electrons. The van der Waals surface area contributed by atoms with E-state index in [1.165, 1.54) is 6.92 Å². The fourth-order valence-corrected chi connectivity index (χ4v) is 1.49. The summed E-state index contributed by atoms with van der Waals surface area (Å²) in [5.74, 6) is -5.47. The Labute approximate surface area is 101 Å². The van der Waals surface area contributed by atoms with Gasteiger partial charge in [0.2, 0.25) is 0 Å². The van der Waals surface area contributed by atoms with Crippen molar-refractivity contribution >= 4 is 5.97 Å². The number of aromatic hydroxyl groups is 1. The molecule has 1 aromatic carbocycles. The van der Waals surface area contributed by atoms with E-state index in [1.54, 1.807) is 0 Å². The number of carbonyl (C=O) groups is 1. The first-order valence-corrected chi connectivity index (χ1v) is 5.01. The zero-order valence-corrected chi connectivity index (χ0v) is 9.52. The molecule has 0 radical (unpaired) electrons. The first kappa shape index (κ1) is 14.3. The molecule has 0 saturated carbocycles. The number of aliphatic hydroxyl groups excluding tert-OH is 1. The van der Waals surface area contributed by atoms with Crippen molar-refractivity contribution in [2.24, 2.45) is 5.73 Å². The Hall–Kier alpha value is -1.73. The monoisotopic (exact) mass is 261 g/mol. The fraction of sp³-hybridized carbons (Fsp3) is 0.364. The second kappa shape index (κ2) is 4.87. The average molecular weight is 261 g/mol. The molecule has 0 saturated heterocycles. The van der Waals surface area contributed by atoms with E-state index in [2.05, 4.69) is 0 Å². The third-order valence-electron chi connectivity index (χ3n) is 2.58. The Balaban J connectivity index is 3.35. The predicted molar refractivity (Wildman–Crippen MR) is 58.8 cm³/mol. The number of benzene rings is 1. The molecule has 0 amide bonds. The lowest BCUT2D eigenvalue weighted by atomic mass is 9.96. The van der Waals surface area contributed by atoms with Crippen molar-refractivity contribution in [3.63, 3.8) is 0 Å². The molecule has 0 aromatic heterocycles. The number of aliphatic hydroxyl groups is 1. The van der Waals surface area contributed by atoms with Crippen molar-refractivity contribution in [3.05, 3.63) is 28.8 Å². The lowest BCUT2D eigenvalue weighted by Crippen LogP contribution is -2.36. The molecular formula is C11H13F2NO4. The van der Waals surface area contributed by atoms with Crippen LogP contribution < -0.4 is 5.73 Å². The van der Waals surface area contributed by atoms with Crippen molar-refractivity contribution in [2.45, 2.75) is 18.9 Å². The molecule has 0 unspecified atom stereocenters. The first-order chi connectivity index (χ1) is 8.20. The summed E-state index contributed by atoms with van der Waals surface area (Å²) < 4.78 is 26.5. The van der Waals surface area contributed by atoms with Crippen molar-refractivity contribution in [1.29, 1.82) is 0 Å². The van der Waals surface area contributed by atoms with Gasteiger partial charge in [-0.3, -0.25) is 0 Å². The molecule has 1 atom stereocenters. The Morgan fingerprint density at radius 3 is 2.50 bits per heavy atom. The number of hydrogen-bond acceptors (Lipinski definition) is 4. The highest BCUT2D eigenvalue weighted by molar-refractivity contribution is 5.88. The SMILES string of the molecule is Cc1cc(C(=O)O)cc([C@@H](N)C(F)(F)CO)c1O. The van der Waals surface area contributed by atoms with E-state index in [9.17, 15) is 18.7 Å². The van der Waals surface area contributed by atoms with Crippen LogP contribution in [0.3, 0.4) is 0 Å². The second-order valence-electron chi connectivity index (χ2n) is 3.93. The molecule has 0 fully saturated rings. The average Bonchev–Trinajstić information content (AvgIpc) is 2.31. The number of nitrogens with two attached hydrogens (primary N) is 1. The van der Waals surface area contributed by atoms with E-state index in [0.29, 0.717) is 0 Å². The number of rotatable bonds is 4. The van der Waals surface area contributed by atoms with Gasteiger partial charge in [0, 0.05) is 5.56 Å². The number of aromatic carboxylic acids is 1. The number of halogens is 2. The summed E-state index contributed by atoms with van der Waals surface area (Å²) in [5, 5.41) is 27.0. The Kier molecular flexibility index (Phi) is 3.88. The van der Waals surface area contributed by atoms with Crippen LogP contribution in [0.2, 0.25) is 0 Å². The highest BCUT2D eigenvalue weighted by Gasteiger charge is 2.39. The highest BCUT2D eigenvalue weighted by Crippen LogP contribution is 2.36. The number of carboxylic acids is 1. The van der Waals surface area contributed by atoms with Crippen molar-refractivity contribution in [3.8, 4) is 5.75 Å². The zero-order chi connectivity index (χ0) is 14.1. The molecule has 5 nitrogen and oxygen atoms in total. The Morgan fingerprint density at radius 1 is 1.50 bits per heavy atom. The van der Waals surface area contributed by atoms with Gasteiger partial charge in [-0.2, -0.15) is 0 Å². The van der Waals surface area contributed by atoms with Gasteiger partial charge in [0.05, 0.1) is 5.56 Å². The highest BCUT2D eigenvalue weighted by atomic mass is 19.3. The molecule has 0 spiro atoms. The van der Waals surface area contributed by atoms with Crippen molar-refractivity contribution in [2.75, 3.05) is 6.61 Å². The van der Waals surface area contributed by atoms with Gasteiger partial charge in [0.15, 0.2) is 0 Å². The van der Waals surface area contributed by atoms with Crippen LogP contribution in [0.5, 0.6) is 5.75 Å². The third kappa shape index (κ3) is 2.57. The number of aryl methyl sites for hydroxylation is 1. The Bertz CT molecular complexity index is 476. The minimum absolute atomic E-state index is 0.120. The maximum absolute atomic E-state index is 13.2. The third-order valence-corrected chi connectivity index (χ3v) is 2.58.